The van der Waals surface area contributed by atoms with Gasteiger partial charge in [-0.2, -0.15) is 0 Å². The van der Waals surface area contributed by atoms with Crippen molar-refractivity contribution in [2.45, 2.75) is 0 Å². The first-order chi connectivity index (χ1) is 10.2. The first-order valence-electron chi connectivity index (χ1n) is 6.33. The summed E-state index contributed by atoms with van der Waals surface area (Å²) < 4.78 is 18.5. The Hall–Kier alpha value is -1.76. The van der Waals surface area contributed by atoms with Gasteiger partial charge in [0.15, 0.2) is 0 Å². The molecular weight excluding hydrogens is 384 g/mol. The van der Waals surface area contributed by atoms with E-state index in [2.05, 4.69) is 27.8 Å². The molecule has 0 saturated heterocycles. The second-order valence-electron chi connectivity index (χ2n) is 4.24. The normalized spacial score (nSPS) is 10.8. The smallest absolute Gasteiger partial charge is 0.149 e. The number of hydrogen-bond acceptors (Lipinski definition) is 3. The molecule has 0 saturated carbocycles. The lowest BCUT2D eigenvalue weighted by atomic mass is 10.1. The maximum Gasteiger partial charge on any atom is 0.149 e. The zero-order valence-electron chi connectivity index (χ0n) is 11.1. The van der Waals surface area contributed by atoms with Crippen LogP contribution in [0.3, 0.4) is 0 Å². The van der Waals surface area contributed by atoms with Gasteiger partial charge in [0.1, 0.15) is 24.7 Å². The van der Waals surface area contributed by atoms with Gasteiger partial charge in [0, 0.05) is 3.57 Å². The van der Waals surface area contributed by atoms with E-state index in [-0.39, 0.29) is 12.3 Å². The molecule has 2 aromatic rings. The van der Waals surface area contributed by atoms with Crippen LogP contribution in [0.5, 0.6) is 5.75 Å². The molecule has 0 heterocycles. The summed E-state index contributed by atoms with van der Waals surface area (Å²) in [6, 6.07) is 13.1. The van der Waals surface area contributed by atoms with Crippen LogP contribution < -0.4 is 4.74 Å². The molecule has 5 heteroatoms. The van der Waals surface area contributed by atoms with Gasteiger partial charge in [0.2, 0.25) is 0 Å². The lowest BCUT2D eigenvalue weighted by molar-refractivity contribution is 0.274. The molecule has 2 rings (SSSR count). The average Bonchev–Trinajstić information content (AvgIpc) is 2.52. The highest BCUT2D eigenvalue weighted by molar-refractivity contribution is 14.1. The van der Waals surface area contributed by atoms with Gasteiger partial charge in [0.25, 0.3) is 0 Å². The van der Waals surface area contributed by atoms with Crippen LogP contribution in [-0.4, -0.2) is 13.3 Å². The van der Waals surface area contributed by atoms with Gasteiger partial charge in [-0.3, -0.25) is 0 Å². The molecule has 0 fully saturated rings. The summed E-state index contributed by atoms with van der Waals surface area (Å²) in [4.78, 5) is 10.7. The minimum atomic E-state index is -0.610. The molecule has 108 valence electrons. The molecule has 0 aliphatic heterocycles. The molecule has 0 unspecified atom stereocenters. The summed E-state index contributed by atoms with van der Waals surface area (Å²) in [5.41, 5.74) is 2.10. The van der Waals surface area contributed by atoms with Gasteiger partial charge in [-0.25, -0.2) is 4.39 Å². The predicted molar refractivity (Wildman–Crippen MR) is 91.5 cm³/mol. The summed E-state index contributed by atoms with van der Waals surface area (Å²) in [7, 11) is 0. The largest absolute Gasteiger partial charge is 0.488 e. The molecule has 0 amide bonds. The highest BCUT2D eigenvalue weighted by atomic mass is 127. The third-order valence-corrected chi connectivity index (χ3v) is 3.47. The number of benzene rings is 2. The minimum Gasteiger partial charge on any atom is -0.488 e. The van der Waals surface area contributed by atoms with Gasteiger partial charge in [-0.1, -0.05) is 30.4 Å². The molecule has 0 bridgehead atoms. The Kier molecular flexibility index (Phi) is 5.86. The average molecular weight is 397 g/mol. The zero-order chi connectivity index (χ0) is 15.1. The second-order valence-corrected chi connectivity index (χ2v) is 5.49. The van der Waals surface area contributed by atoms with Crippen LogP contribution in [0.4, 0.5) is 10.1 Å². The van der Waals surface area contributed by atoms with E-state index in [1.807, 2.05) is 36.4 Å². The number of alkyl halides is 1. The van der Waals surface area contributed by atoms with Crippen LogP contribution in [-0.2, 0) is 0 Å². The minimum absolute atomic E-state index is 0.0905. The molecule has 0 spiro atoms. The van der Waals surface area contributed by atoms with Crippen molar-refractivity contribution in [1.29, 1.82) is 0 Å². The van der Waals surface area contributed by atoms with E-state index in [1.54, 1.807) is 18.2 Å². The van der Waals surface area contributed by atoms with Crippen molar-refractivity contribution >= 4 is 40.4 Å². The van der Waals surface area contributed by atoms with Crippen LogP contribution in [0.25, 0.3) is 12.2 Å². The number of nitrogens with zero attached hydrogens (tertiary/aromatic N) is 1. The van der Waals surface area contributed by atoms with Crippen molar-refractivity contribution < 1.29 is 9.13 Å². The van der Waals surface area contributed by atoms with E-state index in [0.29, 0.717) is 5.75 Å². The first kappa shape index (κ1) is 15.6. The lowest BCUT2D eigenvalue weighted by Gasteiger charge is -2.06. The lowest BCUT2D eigenvalue weighted by Crippen LogP contribution is -1.98. The van der Waals surface area contributed by atoms with Crippen LogP contribution in [0.15, 0.2) is 47.6 Å². The number of ether oxygens (including phenoxy) is 1. The van der Waals surface area contributed by atoms with E-state index < -0.39 is 6.67 Å². The molecule has 0 aliphatic rings. The molecule has 3 nitrogen and oxygen atoms in total. The van der Waals surface area contributed by atoms with E-state index in [0.717, 1.165) is 11.1 Å². The molecular formula is C16H13FINO2. The fraction of sp³-hybridized carbons (Fsp3) is 0.125. The van der Waals surface area contributed by atoms with Crippen molar-refractivity contribution in [3.63, 3.8) is 0 Å². The Labute approximate surface area is 135 Å². The number of nitroso groups, excluding NO2 is 1. The van der Waals surface area contributed by atoms with E-state index in [9.17, 15) is 9.30 Å². The SMILES string of the molecule is O=Nc1ccc(/C=C/c2ccc(I)cc2)cc1OCCF. The summed E-state index contributed by atoms with van der Waals surface area (Å²) in [6.07, 6.45) is 3.86. The molecule has 2 aromatic carbocycles. The topological polar surface area (TPSA) is 38.7 Å². The third kappa shape index (κ3) is 4.63. The van der Waals surface area contributed by atoms with Gasteiger partial charge in [-0.15, -0.1) is 4.91 Å². The first-order valence-corrected chi connectivity index (χ1v) is 7.40. The zero-order valence-corrected chi connectivity index (χ0v) is 13.3. The Balaban J connectivity index is 2.19. The van der Waals surface area contributed by atoms with Crippen molar-refractivity contribution in [3.05, 3.63) is 62.1 Å². The van der Waals surface area contributed by atoms with Crippen LogP contribution in [0.1, 0.15) is 11.1 Å². The van der Waals surface area contributed by atoms with Gasteiger partial charge in [0.05, 0.1) is 0 Å². The number of hydrogen-bond donors (Lipinski definition) is 0. The Morgan fingerprint density at radius 2 is 1.76 bits per heavy atom. The molecule has 0 radical (unpaired) electrons. The van der Waals surface area contributed by atoms with Crippen molar-refractivity contribution in [2.75, 3.05) is 13.3 Å². The molecule has 0 N–H and O–H groups in total. The van der Waals surface area contributed by atoms with Crippen LogP contribution >= 0.6 is 22.6 Å². The van der Waals surface area contributed by atoms with Crippen LogP contribution in [0.2, 0.25) is 0 Å². The Bertz CT molecular complexity index is 641. The Morgan fingerprint density at radius 1 is 1.10 bits per heavy atom. The van der Waals surface area contributed by atoms with Gasteiger partial charge < -0.3 is 4.74 Å². The third-order valence-electron chi connectivity index (χ3n) is 2.76. The van der Waals surface area contributed by atoms with Crippen molar-refractivity contribution in [2.24, 2.45) is 5.18 Å². The van der Waals surface area contributed by atoms with Crippen molar-refractivity contribution in [3.8, 4) is 5.75 Å². The molecule has 0 aromatic heterocycles. The van der Waals surface area contributed by atoms with Crippen molar-refractivity contribution in [1.82, 2.24) is 0 Å². The highest BCUT2D eigenvalue weighted by Crippen LogP contribution is 2.29. The van der Waals surface area contributed by atoms with Gasteiger partial charge >= 0.3 is 0 Å². The summed E-state index contributed by atoms with van der Waals surface area (Å²) in [6.45, 7) is -0.701. The van der Waals surface area contributed by atoms with E-state index in [1.165, 1.54) is 3.57 Å². The monoisotopic (exact) mass is 397 g/mol. The van der Waals surface area contributed by atoms with Gasteiger partial charge in [-0.05, 0) is 63.2 Å². The molecule has 0 aliphatic carbocycles. The standard InChI is InChI=1S/C16H13FINO2/c17-9-10-21-16-11-13(5-8-15(16)19-20)2-1-12-3-6-14(18)7-4-12/h1-8,11H,9-10H2/b2-1+. The fourth-order valence-electron chi connectivity index (χ4n) is 1.74. The number of rotatable bonds is 6. The van der Waals surface area contributed by atoms with E-state index in [4.69, 9.17) is 4.74 Å². The molecule has 0 atom stereocenters. The van der Waals surface area contributed by atoms with E-state index >= 15 is 0 Å². The Morgan fingerprint density at radius 3 is 2.43 bits per heavy atom. The quantitative estimate of drug-likeness (QED) is 0.382. The number of halogens is 2. The maximum atomic E-state index is 12.2. The summed E-state index contributed by atoms with van der Waals surface area (Å²) in [5.74, 6) is 0.299. The fourth-order valence-corrected chi connectivity index (χ4v) is 2.10. The molecule has 21 heavy (non-hydrogen) atoms. The summed E-state index contributed by atoms with van der Waals surface area (Å²) in [5, 5.41) is 2.87. The second kappa shape index (κ2) is 7.87. The van der Waals surface area contributed by atoms with Crippen LogP contribution in [0, 0.1) is 8.48 Å². The highest BCUT2D eigenvalue weighted by Gasteiger charge is 2.04. The summed E-state index contributed by atoms with van der Waals surface area (Å²) >= 11 is 2.25. The predicted octanol–water partition coefficient (Wildman–Crippen LogP) is 5.21. The maximum absolute atomic E-state index is 12.2.